The maximum atomic E-state index is 11.7. The Labute approximate surface area is 267 Å². The van der Waals surface area contributed by atoms with Crippen molar-refractivity contribution < 1.29 is 53.3 Å². The number of nitro benzene ring substituents is 2. The number of non-ortho nitro benzene ring substituents is 2. The standard InChI is InChI=1S/C17H11NO7.C16H9NO6/c1-23-12-4-2-3-8-9(12)5-11(18(21)22)14-10(17(19)20)6-13-16(15(8)14)25-7-24-13;18-16(19)10-6-12-15(23-7-22-12)14-9-4-2-1-3-8(9)5-11(13(10)14)17(20)21/h2-6H,7H2,1H3,(H,19,20);1-6H,7H2,(H,18,19). The van der Waals surface area contributed by atoms with Crippen molar-refractivity contribution in [3.05, 3.63) is 98.1 Å². The summed E-state index contributed by atoms with van der Waals surface area (Å²) < 4.78 is 26.8. The number of nitro groups is 2. The highest BCUT2D eigenvalue weighted by atomic mass is 16.7. The van der Waals surface area contributed by atoms with Gasteiger partial charge in [-0.05, 0) is 34.4 Å². The van der Waals surface area contributed by atoms with Gasteiger partial charge in [0.25, 0.3) is 11.4 Å². The van der Waals surface area contributed by atoms with Gasteiger partial charge in [-0.25, -0.2) is 9.59 Å². The minimum Gasteiger partial charge on any atom is -0.496 e. The van der Waals surface area contributed by atoms with Crippen LogP contribution >= 0.6 is 0 Å². The number of fused-ring (bicyclic) bond motifs is 10. The predicted octanol–water partition coefficient (Wildman–Crippen LogP) is 6.66. The molecule has 0 atom stereocenters. The average Bonchev–Trinajstić information content (AvgIpc) is 3.76. The molecule has 0 fully saturated rings. The second kappa shape index (κ2) is 11.2. The maximum absolute atomic E-state index is 11.7. The molecule has 0 aliphatic carbocycles. The van der Waals surface area contributed by atoms with Gasteiger partial charge in [-0.3, -0.25) is 20.2 Å². The summed E-state index contributed by atoms with van der Waals surface area (Å²) in [6.07, 6.45) is 0. The smallest absolute Gasteiger partial charge is 0.336 e. The first-order valence-corrected chi connectivity index (χ1v) is 14.0. The molecule has 0 bridgehead atoms. The van der Waals surface area contributed by atoms with Gasteiger partial charge in [0.2, 0.25) is 13.6 Å². The quantitative estimate of drug-likeness (QED) is 0.113. The molecule has 15 nitrogen and oxygen atoms in total. The average molecular weight is 653 g/mol. The summed E-state index contributed by atoms with van der Waals surface area (Å²) in [6.45, 7) is -0.133. The highest BCUT2D eigenvalue weighted by Gasteiger charge is 2.31. The number of hydrogen-bond acceptors (Lipinski definition) is 11. The van der Waals surface area contributed by atoms with Gasteiger partial charge in [0.05, 0.1) is 38.9 Å². The number of benzene rings is 6. The first-order chi connectivity index (χ1) is 23.1. The Morgan fingerprint density at radius 2 is 1.19 bits per heavy atom. The Kier molecular flexibility index (Phi) is 6.93. The highest BCUT2D eigenvalue weighted by Crippen LogP contribution is 2.49. The van der Waals surface area contributed by atoms with Gasteiger partial charge in [0.15, 0.2) is 23.0 Å². The van der Waals surface area contributed by atoms with Crippen molar-refractivity contribution >= 4 is 66.4 Å². The first kappa shape index (κ1) is 29.8. The van der Waals surface area contributed by atoms with Crippen LogP contribution in [0.3, 0.4) is 0 Å². The third kappa shape index (κ3) is 4.52. The zero-order valence-electron chi connectivity index (χ0n) is 24.5. The molecular formula is C33H20N2O13. The number of carbonyl (C=O) groups is 2. The summed E-state index contributed by atoms with van der Waals surface area (Å²) >= 11 is 0. The summed E-state index contributed by atoms with van der Waals surface area (Å²) in [5.74, 6) is -0.946. The van der Waals surface area contributed by atoms with Gasteiger partial charge in [-0.1, -0.05) is 36.4 Å². The fourth-order valence-electron chi connectivity index (χ4n) is 6.12. The Balaban J connectivity index is 0.000000152. The van der Waals surface area contributed by atoms with E-state index in [4.69, 9.17) is 23.7 Å². The lowest BCUT2D eigenvalue weighted by molar-refractivity contribution is -0.383. The lowest BCUT2D eigenvalue weighted by atomic mass is 9.95. The topological polar surface area (TPSA) is 207 Å². The first-order valence-electron chi connectivity index (χ1n) is 14.0. The van der Waals surface area contributed by atoms with Gasteiger partial charge < -0.3 is 33.9 Å². The molecule has 2 heterocycles. The van der Waals surface area contributed by atoms with Crippen LogP contribution in [-0.4, -0.2) is 52.7 Å². The molecule has 0 unspecified atom stereocenters. The van der Waals surface area contributed by atoms with E-state index in [-0.39, 0.29) is 58.4 Å². The van der Waals surface area contributed by atoms with Crippen LogP contribution in [0.2, 0.25) is 0 Å². The molecule has 6 aromatic rings. The van der Waals surface area contributed by atoms with Gasteiger partial charge in [0, 0.05) is 28.3 Å². The molecule has 240 valence electrons. The number of nitrogens with zero attached hydrogens (tertiary/aromatic N) is 2. The molecule has 48 heavy (non-hydrogen) atoms. The van der Waals surface area contributed by atoms with Crippen molar-refractivity contribution in [2.45, 2.75) is 0 Å². The SMILES string of the molecule is COc1cccc2c1cc([N+](=O)[O-])c1c(C(=O)O)cc3c(c12)OCO3.O=C(O)c1cc2c(c3c1c([N+](=O)[O-])cc1ccccc13)OCO2. The Morgan fingerprint density at radius 3 is 1.73 bits per heavy atom. The van der Waals surface area contributed by atoms with Gasteiger partial charge in [0.1, 0.15) is 5.75 Å². The molecule has 0 spiro atoms. The Hall–Kier alpha value is -6.90. The summed E-state index contributed by atoms with van der Waals surface area (Å²) in [5, 5.41) is 45.3. The molecule has 8 rings (SSSR count). The lowest BCUT2D eigenvalue weighted by Crippen LogP contribution is -2.02. The van der Waals surface area contributed by atoms with Crippen LogP contribution in [0.4, 0.5) is 11.4 Å². The summed E-state index contributed by atoms with van der Waals surface area (Å²) in [4.78, 5) is 45.2. The molecule has 2 aliphatic heterocycles. The van der Waals surface area contributed by atoms with Crippen LogP contribution in [0.25, 0.3) is 43.1 Å². The number of carboxylic acids is 2. The number of rotatable bonds is 5. The van der Waals surface area contributed by atoms with E-state index in [1.807, 2.05) is 0 Å². The fraction of sp³-hybridized carbons (Fsp3) is 0.0909. The number of ether oxygens (including phenoxy) is 5. The van der Waals surface area contributed by atoms with Crippen LogP contribution in [0, 0.1) is 20.2 Å². The van der Waals surface area contributed by atoms with E-state index in [0.29, 0.717) is 49.6 Å². The molecule has 0 aromatic heterocycles. The van der Waals surface area contributed by atoms with Gasteiger partial charge in [-0.15, -0.1) is 0 Å². The van der Waals surface area contributed by atoms with E-state index in [1.165, 1.54) is 31.4 Å². The monoisotopic (exact) mass is 652 g/mol. The van der Waals surface area contributed by atoms with E-state index >= 15 is 0 Å². The van der Waals surface area contributed by atoms with Crippen LogP contribution in [-0.2, 0) is 0 Å². The summed E-state index contributed by atoms with van der Waals surface area (Å²) in [5.41, 5.74) is -0.991. The van der Waals surface area contributed by atoms with Gasteiger partial charge >= 0.3 is 11.9 Å². The molecular weight excluding hydrogens is 632 g/mol. The number of carboxylic acid groups (broad SMARTS) is 2. The van der Waals surface area contributed by atoms with E-state index in [0.717, 1.165) is 0 Å². The largest absolute Gasteiger partial charge is 0.496 e. The minimum atomic E-state index is -1.28. The number of hydrogen-bond donors (Lipinski definition) is 2. The number of aromatic carboxylic acids is 2. The Bertz CT molecular complexity index is 2420. The van der Waals surface area contributed by atoms with Crippen molar-refractivity contribution in [3.63, 3.8) is 0 Å². The zero-order valence-corrected chi connectivity index (χ0v) is 24.5. The molecule has 2 aliphatic rings. The molecule has 2 N–H and O–H groups in total. The molecule has 0 radical (unpaired) electrons. The van der Waals surface area contributed by atoms with Crippen molar-refractivity contribution in [1.82, 2.24) is 0 Å². The van der Waals surface area contributed by atoms with Gasteiger partial charge in [-0.2, -0.15) is 0 Å². The molecule has 0 saturated heterocycles. The van der Waals surface area contributed by atoms with Crippen molar-refractivity contribution in [3.8, 4) is 28.7 Å². The van der Waals surface area contributed by atoms with E-state index in [2.05, 4.69) is 0 Å². The number of methoxy groups -OCH3 is 1. The van der Waals surface area contributed by atoms with Crippen LogP contribution in [0.1, 0.15) is 20.7 Å². The normalized spacial score (nSPS) is 12.6. The highest BCUT2D eigenvalue weighted by molar-refractivity contribution is 6.22. The predicted molar refractivity (Wildman–Crippen MR) is 169 cm³/mol. The molecule has 6 aromatic carbocycles. The van der Waals surface area contributed by atoms with E-state index < -0.39 is 21.8 Å². The summed E-state index contributed by atoms with van der Waals surface area (Å²) in [6, 6.07) is 17.4. The maximum Gasteiger partial charge on any atom is 0.336 e. The minimum absolute atomic E-state index is 0.00232. The summed E-state index contributed by atoms with van der Waals surface area (Å²) in [7, 11) is 1.46. The van der Waals surface area contributed by atoms with Crippen LogP contribution in [0.15, 0.2) is 66.7 Å². The lowest BCUT2D eigenvalue weighted by Gasteiger charge is -2.12. The van der Waals surface area contributed by atoms with Crippen molar-refractivity contribution in [1.29, 1.82) is 0 Å². The second-order valence-corrected chi connectivity index (χ2v) is 10.5. The molecule has 15 heteroatoms. The Morgan fingerprint density at radius 1 is 0.667 bits per heavy atom. The van der Waals surface area contributed by atoms with Crippen LogP contribution < -0.4 is 23.7 Å². The second-order valence-electron chi connectivity index (χ2n) is 10.5. The van der Waals surface area contributed by atoms with Crippen molar-refractivity contribution in [2.75, 3.05) is 20.7 Å². The molecule has 0 amide bonds. The third-order valence-corrected chi connectivity index (χ3v) is 8.05. The van der Waals surface area contributed by atoms with E-state index in [9.17, 15) is 40.0 Å². The zero-order chi connectivity index (χ0) is 33.9. The fourth-order valence-corrected chi connectivity index (χ4v) is 6.12. The third-order valence-electron chi connectivity index (χ3n) is 8.05. The molecule has 0 saturated carbocycles. The van der Waals surface area contributed by atoms with Crippen LogP contribution in [0.5, 0.6) is 28.7 Å². The van der Waals surface area contributed by atoms with E-state index in [1.54, 1.807) is 42.5 Å². The van der Waals surface area contributed by atoms with Crippen molar-refractivity contribution in [2.24, 2.45) is 0 Å².